The van der Waals surface area contributed by atoms with Crippen molar-refractivity contribution in [1.82, 2.24) is 15.6 Å². The van der Waals surface area contributed by atoms with E-state index in [0.717, 1.165) is 49.8 Å². The van der Waals surface area contributed by atoms with Gasteiger partial charge in [0.1, 0.15) is 11.6 Å². The van der Waals surface area contributed by atoms with E-state index in [4.69, 9.17) is 11.6 Å². The fraction of sp³-hybridized carbons (Fsp3) is 0.478. The lowest BCUT2D eigenvalue weighted by Gasteiger charge is -2.34. The average molecular weight is 430 g/mol. The Hall–Kier alpha value is -2.34. The van der Waals surface area contributed by atoms with Gasteiger partial charge in [0.2, 0.25) is 0 Å². The molecule has 2 heterocycles. The van der Waals surface area contributed by atoms with Gasteiger partial charge in [0, 0.05) is 53.9 Å². The summed E-state index contributed by atoms with van der Waals surface area (Å²) < 4.78 is 14.2. The normalized spacial score (nSPS) is 22.1. The number of nitrogens with zero attached hydrogens (tertiary/aromatic N) is 3. The van der Waals surface area contributed by atoms with Gasteiger partial charge in [-0.1, -0.05) is 23.7 Å². The van der Waals surface area contributed by atoms with Crippen molar-refractivity contribution in [3.63, 3.8) is 0 Å². The molecule has 2 fully saturated rings. The molecule has 7 heteroatoms. The summed E-state index contributed by atoms with van der Waals surface area (Å²) in [5.74, 6) is 1.73. The van der Waals surface area contributed by atoms with Crippen LogP contribution in [0.1, 0.15) is 43.4 Å². The van der Waals surface area contributed by atoms with Crippen molar-refractivity contribution in [2.24, 2.45) is 4.99 Å². The van der Waals surface area contributed by atoms with E-state index < -0.39 is 0 Å². The summed E-state index contributed by atoms with van der Waals surface area (Å²) in [4.78, 5) is 11.6. The minimum Gasteiger partial charge on any atom is -0.356 e. The van der Waals surface area contributed by atoms with Crippen molar-refractivity contribution < 1.29 is 4.39 Å². The Labute approximate surface area is 182 Å². The van der Waals surface area contributed by atoms with Crippen LogP contribution in [0.5, 0.6) is 0 Å². The second kappa shape index (κ2) is 9.21. The third kappa shape index (κ3) is 4.86. The lowest BCUT2D eigenvalue weighted by molar-refractivity contribution is 0.459. The topological polar surface area (TPSA) is 52.6 Å². The van der Waals surface area contributed by atoms with Crippen molar-refractivity contribution in [2.45, 2.75) is 51.1 Å². The number of aliphatic imine (C=N–C) groups is 1. The molecule has 2 aromatic rings. The molecule has 2 atom stereocenters. The number of nitrogens with one attached hydrogen (secondary N) is 2. The van der Waals surface area contributed by atoms with E-state index >= 15 is 0 Å². The molecule has 2 aliphatic rings. The molecule has 0 amide bonds. The molecule has 2 unspecified atom stereocenters. The third-order valence-corrected chi connectivity index (χ3v) is 6.16. The Morgan fingerprint density at radius 3 is 2.67 bits per heavy atom. The molecule has 30 heavy (non-hydrogen) atoms. The van der Waals surface area contributed by atoms with Crippen LogP contribution in [-0.2, 0) is 0 Å². The van der Waals surface area contributed by atoms with Crippen molar-refractivity contribution in [3.8, 4) is 0 Å². The van der Waals surface area contributed by atoms with Gasteiger partial charge >= 0.3 is 0 Å². The summed E-state index contributed by atoms with van der Waals surface area (Å²) in [6, 6.07) is 11.6. The SMILES string of the molecule is CCN=C(NC1CCN(c2cccc(C)n2)CC1)NC1CC1c1c(F)cccc1Cl. The number of aryl methyl sites for hydroxylation is 1. The third-order valence-electron chi connectivity index (χ3n) is 5.83. The number of hydrogen-bond acceptors (Lipinski definition) is 3. The molecule has 1 aromatic carbocycles. The Kier molecular flexibility index (Phi) is 6.42. The number of benzene rings is 1. The smallest absolute Gasteiger partial charge is 0.191 e. The molecular formula is C23H29ClFN5. The highest BCUT2D eigenvalue weighted by atomic mass is 35.5. The number of hydrogen-bond donors (Lipinski definition) is 2. The van der Waals surface area contributed by atoms with Gasteiger partial charge in [-0.3, -0.25) is 4.99 Å². The summed E-state index contributed by atoms with van der Waals surface area (Å²) in [5, 5.41) is 7.56. The van der Waals surface area contributed by atoms with Crippen molar-refractivity contribution in [2.75, 3.05) is 24.5 Å². The predicted molar refractivity (Wildman–Crippen MR) is 121 cm³/mol. The molecule has 1 aliphatic heterocycles. The number of pyridine rings is 1. The van der Waals surface area contributed by atoms with E-state index in [1.54, 1.807) is 12.1 Å². The Balaban J connectivity index is 1.32. The van der Waals surface area contributed by atoms with Gasteiger partial charge in [-0.15, -0.1) is 0 Å². The maximum absolute atomic E-state index is 14.2. The Morgan fingerprint density at radius 1 is 1.20 bits per heavy atom. The Bertz CT molecular complexity index is 890. The number of anilines is 1. The van der Waals surface area contributed by atoms with Crippen LogP contribution in [0.3, 0.4) is 0 Å². The molecule has 2 N–H and O–H groups in total. The van der Waals surface area contributed by atoms with Crippen LogP contribution >= 0.6 is 11.6 Å². The molecule has 1 aromatic heterocycles. The van der Waals surface area contributed by atoms with Crippen LogP contribution in [0.4, 0.5) is 10.2 Å². The highest BCUT2D eigenvalue weighted by molar-refractivity contribution is 6.31. The highest BCUT2D eigenvalue weighted by Crippen LogP contribution is 2.44. The summed E-state index contributed by atoms with van der Waals surface area (Å²) in [6.45, 7) is 6.66. The highest BCUT2D eigenvalue weighted by Gasteiger charge is 2.42. The van der Waals surface area contributed by atoms with Crippen LogP contribution in [-0.4, -0.2) is 42.7 Å². The number of rotatable bonds is 5. The molecule has 1 saturated heterocycles. The minimum atomic E-state index is -0.226. The maximum atomic E-state index is 14.2. The lowest BCUT2D eigenvalue weighted by atomic mass is 10.1. The van der Waals surface area contributed by atoms with Gasteiger partial charge in [0.25, 0.3) is 0 Å². The van der Waals surface area contributed by atoms with Gasteiger partial charge in [-0.25, -0.2) is 9.37 Å². The number of piperidine rings is 1. The molecule has 1 aliphatic carbocycles. The second-order valence-electron chi connectivity index (χ2n) is 8.09. The van der Waals surface area contributed by atoms with Gasteiger partial charge in [-0.2, -0.15) is 0 Å². The molecule has 160 valence electrons. The monoisotopic (exact) mass is 429 g/mol. The minimum absolute atomic E-state index is 0.0943. The van der Waals surface area contributed by atoms with E-state index in [1.165, 1.54) is 6.07 Å². The largest absolute Gasteiger partial charge is 0.356 e. The molecule has 0 radical (unpaired) electrons. The van der Waals surface area contributed by atoms with Crippen LogP contribution < -0.4 is 15.5 Å². The Morgan fingerprint density at radius 2 is 1.97 bits per heavy atom. The fourth-order valence-electron chi connectivity index (χ4n) is 4.16. The van der Waals surface area contributed by atoms with Crippen LogP contribution in [0, 0.1) is 12.7 Å². The zero-order valence-electron chi connectivity index (χ0n) is 17.5. The van der Waals surface area contributed by atoms with E-state index in [9.17, 15) is 4.39 Å². The maximum Gasteiger partial charge on any atom is 0.191 e. The molecule has 5 nitrogen and oxygen atoms in total. The van der Waals surface area contributed by atoms with Gasteiger partial charge in [0.15, 0.2) is 5.96 Å². The molecule has 0 spiro atoms. The van der Waals surface area contributed by atoms with E-state index in [1.807, 2.05) is 19.9 Å². The average Bonchev–Trinajstić information content (AvgIpc) is 3.47. The molecule has 4 rings (SSSR count). The second-order valence-corrected chi connectivity index (χ2v) is 8.50. The quantitative estimate of drug-likeness (QED) is 0.550. The number of aromatic nitrogens is 1. The van der Waals surface area contributed by atoms with E-state index in [2.05, 4.69) is 37.6 Å². The number of guanidine groups is 1. The fourth-order valence-corrected chi connectivity index (χ4v) is 4.46. The standard InChI is InChI=1S/C23H29ClFN5/c1-3-26-23(29-20-14-17(20)22-18(24)7-5-8-19(22)25)28-16-10-12-30(13-11-16)21-9-4-6-15(2)27-21/h4-9,16-17,20H,3,10-14H2,1-2H3,(H2,26,28,29). The van der Waals surface area contributed by atoms with Crippen molar-refractivity contribution in [3.05, 3.63) is 58.5 Å². The van der Waals surface area contributed by atoms with Gasteiger partial charge in [0.05, 0.1) is 0 Å². The van der Waals surface area contributed by atoms with Crippen molar-refractivity contribution in [1.29, 1.82) is 0 Å². The summed E-state index contributed by atoms with van der Waals surface area (Å²) in [6.07, 6.45) is 2.91. The first-order valence-electron chi connectivity index (χ1n) is 10.7. The number of halogens is 2. The first-order valence-corrected chi connectivity index (χ1v) is 11.1. The predicted octanol–water partition coefficient (Wildman–Crippen LogP) is 4.26. The summed E-state index contributed by atoms with van der Waals surface area (Å²) >= 11 is 6.23. The molecule has 0 bridgehead atoms. The van der Waals surface area contributed by atoms with Gasteiger partial charge < -0.3 is 15.5 Å². The van der Waals surface area contributed by atoms with Crippen molar-refractivity contribution >= 4 is 23.4 Å². The first-order chi connectivity index (χ1) is 14.5. The van der Waals surface area contributed by atoms with E-state index in [0.29, 0.717) is 23.2 Å². The van der Waals surface area contributed by atoms with Crippen LogP contribution in [0.15, 0.2) is 41.4 Å². The summed E-state index contributed by atoms with van der Waals surface area (Å²) in [5.41, 5.74) is 1.66. The van der Waals surface area contributed by atoms with Crippen LogP contribution in [0.25, 0.3) is 0 Å². The van der Waals surface area contributed by atoms with Crippen LogP contribution in [0.2, 0.25) is 5.02 Å². The first kappa shape index (κ1) is 20.9. The van der Waals surface area contributed by atoms with Gasteiger partial charge in [-0.05, 0) is 57.4 Å². The molecular weight excluding hydrogens is 401 g/mol. The zero-order valence-corrected chi connectivity index (χ0v) is 18.3. The molecule has 1 saturated carbocycles. The lowest BCUT2D eigenvalue weighted by Crippen LogP contribution is -2.49. The van der Waals surface area contributed by atoms with E-state index in [-0.39, 0.29) is 17.8 Å². The zero-order chi connectivity index (χ0) is 21.1. The summed E-state index contributed by atoms with van der Waals surface area (Å²) in [7, 11) is 0.